The van der Waals surface area contributed by atoms with Crippen molar-refractivity contribution in [2.75, 3.05) is 32.7 Å². The van der Waals surface area contributed by atoms with Crippen LogP contribution in [0.4, 0.5) is 0 Å². The summed E-state index contributed by atoms with van der Waals surface area (Å²) in [7, 11) is 0. The lowest BCUT2D eigenvalue weighted by Gasteiger charge is -2.34. The zero-order valence-electron chi connectivity index (χ0n) is 11.7. The first-order chi connectivity index (χ1) is 9.28. The lowest BCUT2D eigenvalue weighted by molar-refractivity contribution is 0.0643. The van der Waals surface area contributed by atoms with Gasteiger partial charge in [-0.2, -0.15) is 0 Å². The second-order valence-corrected chi connectivity index (χ2v) is 5.56. The second kappa shape index (κ2) is 5.33. The summed E-state index contributed by atoms with van der Waals surface area (Å²) in [5.74, 6) is 0.213. The van der Waals surface area contributed by atoms with Gasteiger partial charge in [0.1, 0.15) is 0 Å². The summed E-state index contributed by atoms with van der Waals surface area (Å²) in [6.45, 7) is 7.01. The average molecular weight is 258 g/mol. The number of likely N-dealkylation sites (N-methyl/N-ethyl adjacent to an activating group) is 1. The van der Waals surface area contributed by atoms with Crippen molar-refractivity contribution in [2.24, 2.45) is 0 Å². The Morgan fingerprint density at radius 3 is 2.58 bits per heavy atom. The molecule has 0 atom stereocenters. The van der Waals surface area contributed by atoms with Crippen LogP contribution in [0, 0.1) is 0 Å². The minimum atomic E-state index is 0.213. The summed E-state index contributed by atoms with van der Waals surface area (Å²) in [6, 6.07) is 6.29. The Hall–Kier alpha value is -1.35. The molecule has 0 radical (unpaired) electrons. The number of hydrogen-bond acceptors (Lipinski definition) is 2. The van der Waals surface area contributed by atoms with Gasteiger partial charge in [-0.05, 0) is 49.1 Å². The molecule has 102 valence electrons. The number of carbonyl (C=O) groups excluding carboxylic acids is 1. The molecule has 0 unspecified atom stereocenters. The number of rotatable bonds is 2. The van der Waals surface area contributed by atoms with Gasteiger partial charge in [-0.1, -0.05) is 13.0 Å². The van der Waals surface area contributed by atoms with Crippen molar-refractivity contribution in [3.05, 3.63) is 34.9 Å². The van der Waals surface area contributed by atoms with E-state index in [1.54, 1.807) is 0 Å². The van der Waals surface area contributed by atoms with Crippen molar-refractivity contribution in [2.45, 2.75) is 26.2 Å². The van der Waals surface area contributed by atoms with Crippen molar-refractivity contribution in [3.8, 4) is 0 Å². The number of fused-ring (bicyclic) bond motifs is 1. The molecule has 3 nitrogen and oxygen atoms in total. The fourth-order valence-corrected chi connectivity index (χ4v) is 3.15. The highest BCUT2D eigenvalue weighted by molar-refractivity contribution is 5.94. The Bertz CT molecular complexity index is 476. The third-order valence-corrected chi connectivity index (χ3v) is 4.45. The molecule has 19 heavy (non-hydrogen) atoms. The van der Waals surface area contributed by atoms with E-state index >= 15 is 0 Å². The molecule has 0 N–H and O–H groups in total. The van der Waals surface area contributed by atoms with Crippen LogP contribution < -0.4 is 0 Å². The summed E-state index contributed by atoms with van der Waals surface area (Å²) in [4.78, 5) is 16.9. The number of benzene rings is 1. The molecular weight excluding hydrogens is 236 g/mol. The molecule has 0 spiro atoms. The first-order valence-corrected chi connectivity index (χ1v) is 7.41. The number of nitrogens with zero attached hydrogens (tertiary/aromatic N) is 2. The first-order valence-electron chi connectivity index (χ1n) is 7.41. The number of aryl methyl sites for hydroxylation is 2. The van der Waals surface area contributed by atoms with Crippen LogP contribution in [0.15, 0.2) is 18.2 Å². The third-order valence-electron chi connectivity index (χ3n) is 4.45. The fourth-order valence-electron chi connectivity index (χ4n) is 3.15. The van der Waals surface area contributed by atoms with Crippen LogP contribution in [0.5, 0.6) is 0 Å². The number of piperazine rings is 1. The number of hydrogen-bond donors (Lipinski definition) is 0. The van der Waals surface area contributed by atoms with E-state index in [2.05, 4.69) is 24.0 Å². The van der Waals surface area contributed by atoms with E-state index in [1.165, 1.54) is 24.0 Å². The number of amides is 1. The van der Waals surface area contributed by atoms with Gasteiger partial charge in [-0.15, -0.1) is 0 Å². The maximum absolute atomic E-state index is 12.5. The van der Waals surface area contributed by atoms with Crippen LogP contribution in [0.3, 0.4) is 0 Å². The Labute approximate surface area is 115 Å². The van der Waals surface area contributed by atoms with E-state index in [0.717, 1.165) is 44.7 Å². The second-order valence-electron chi connectivity index (χ2n) is 5.56. The van der Waals surface area contributed by atoms with Crippen LogP contribution in [0.2, 0.25) is 0 Å². The molecule has 3 heteroatoms. The van der Waals surface area contributed by atoms with E-state index < -0.39 is 0 Å². The monoisotopic (exact) mass is 258 g/mol. The van der Waals surface area contributed by atoms with Crippen LogP contribution in [-0.4, -0.2) is 48.4 Å². The Morgan fingerprint density at radius 1 is 1.11 bits per heavy atom. The predicted octanol–water partition coefficient (Wildman–Crippen LogP) is 1.95. The molecule has 1 aliphatic heterocycles. The van der Waals surface area contributed by atoms with Crippen molar-refractivity contribution < 1.29 is 4.79 Å². The molecule has 1 amide bonds. The Kier molecular flexibility index (Phi) is 3.56. The van der Waals surface area contributed by atoms with Gasteiger partial charge in [0.05, 0.1) is 0 Å². The van der Waals surface area contributed by atoms with Gasteiger partial charge in [0.25, 0.3) is 5.91 Å². The van der Waals surface area contributed by atoms with Gasteiger partial charge < -0.3 is 9.80 Å². The molecule has 0 bridgehead atoms. The molecule has 0 saturated carbocycles. The molecule has 1 saturated heterocycles. The van der Waals surface area contributed by atoms with E-state index in [-0.39, 0.29) is 5.91 Å². The largest absolute Gasteiger partial charge is 0.336 e. The first kappa shape index (κ1) is 12.7. The van der Waals surface area contributed by atoms with Gasteiger partial charge in [0.2, 0.25) is 0 Å². The topological polar surface area (TPSA) is 23.6 Å². The van der Waals surface area contributed by atoms with Crippen LogP contribution >= 0.6 is 0 Å². The van der Waals surface area contributed by atoms with Crippen LogP contribution in [0.25, 0.3) is 0 Å². The summed E-state index contributed by atoms with van der Waals surface area (Å²) in [6.07, 6.45) is 3.56. The molecule has 1 aromatic carbocycles. The van der Waals surface area contributed by atoms with E-state index in [0.29, 0.717) is 0 Å². The van der Waals surface area contributed by atoms with Crippen molar-refractivity contribution in [1.82, 2.24) is 9.80 Å². The molecule has 1 fully saturated rings. The average Bonchev–Trinajstić information content (AvgIpc) is 2.94. The fraction of sp³-hybridized carbons (Fsp3) is 0.562. The molecule has 0 aromatic heterocycles. The molecule has 3 rings (SSSR count). The van der Waals surface area contributed by atoms with Crippen molar-refractivity contribution in [1.29, 1.82) is 0 Å². The Balaban J connectivity index is 1.70. The van der Waals surface area contributed by atoms with Gasteiger partial charge in [0.15, 0.2) is 0 Å². The van der Waals surface area contributed by atoms with Crippen molar-refractivity contribution in [3.63, 3.8) is 0 Å². The van der Waals surface area contributed by atoms with Gasteiger partial charge in [0, 0.05) is 31.7 Å². The lowest BCUT2D eigenvalue weighted by atomic mass is 10.1. The zero-order valence-corrected chi connectivity index (χ0v) is 11.7. The van der Waals surface area contributed by atoms with Crippen LogP contribution in [0.1, 0.15) is 34.8 Å². The Morgan fingerprint density at radius 2 is 1.84 bits per heavy atom. The van der Waals surface area contributed by atoms with Gasteiger partial charge in [-0.25, -0.2) is 0 Å². The van der Waals surface area contributed by atoms with Gasteiger partial charge in [-0.3, -0.25) is 4.79 Å². The normalized spacial score (nSPS) is 19.5. The highest BCUT2D eigenvalue weighted by Gasteiger charge is 2.22. The SMILES string of the molecule is CCN1CCN(C(=O)c2ccc3c(c2)CCC3)CC1. The third kappa shape index (κ3) is 2.52. The molecule has 1 aliphatic carbocycles. The summed E-state index contributed by atoms with van der Waals surface area (Å²) in [5, 5.41) is 0. The minimum absolute atomic E-state index is 0.213. The predicted molar refractivity (Wildman–Crippen MR) is 76.5 cm³/mol. The highest BCUT2D eigenvalue weighted by Crippen LogP contribution is 2.23. The maximum Gasteiger partial charge on any atom is 0.253 e. The molecular formula is C16H22N2O. The quantitative estimate of drug-likeness (QED) is 0.809. The highest BCUT2D eigenvalue weighted by atomic mass is 16.2. The van der Waals surface area contributed by atoms with Crippen LogP contribution in [-0.2, 0) is 12.8 Å². The standard InChI is InChI=1S/C16H22N2O/c1-2-17-8-10-18(11-9-17)16(19)15-7-6-13-4-3-5-14(13)12-15/h6-7,12H,2-5,8-11H2,1H3. The zero-order chi connectivity index (χ0) is 13.2. The summed E-state index contributed by atoms with van der Waals surface area (Å²) < 4.78 is 0. The van der Waals surface area contributed by atoms with Crippen molar-refractivity contribution >= 4 is 5.91 Å². The van der Waals surface area contributed by atoms with Gasteiger partial charge >= 0.3 is 0 Å². The minimum Gasteiger partial charge on any atom is -0.336 e. The molecule has 2 aliphatic rings. The number of carbonyl (C=O) groups is 1. The molecule has 1 heterocycles. The summed E-state index contributed by atoms with van der Waals surface area (Å²) >= 11 is 0. The summed E-state index contributed by atoms with van der Waals surface area (Å²) in [5.41, 5.74) is 3.70. The van der Waals surface area contributed by atoms with E-state index in [4.69, 9.17) is 0 Å². The van der Waals surface area contributed by atoms with E-state index in [1.807, 2.05) is 11.0 Å². The lowest BCUT2D eigenvalue weighted by Crippen LogP contribution is -2.48. The maximum atomic E-state index is 12.5. The van der Waals surface area contributed by atoms with E-state index in [9.17, 15) is 4.79 Å². The smallest absolute Gasteiger partial charge is 0.253 e. The molecule has 1 aromatic rings.